The van der Waals surface area contributed by atoms with Crippen LogP contribution in [0.25, 0.3) is 52.6 Å². The molecule has 4 nitrogen and oxygen atoms in total. The number of nitrogens with zero attached hydrogens (tertiary/aromatic N) is 4. The van der Waals surface area contributed by atoms with E-state index in [1.165, 1.54) is 63.1 Å². The Labute approximate surface area is 278 Å². The standard InChI is InChI=1S/C34H18N4S6/c1-19-11-25(13-21(15-35)27-5-3-23(17-37)39-27)41-33(19)31-9-7-29(43-31)30-8-10-32(44-30)34-20(2)12-26(42-34)14-22(16-36)28-6-4-24(18-38)40-28/h3-14H,1-2H3. The average Bonchev–Trinajstić information content (AvgIpc) is 3.86. The van der Waals surface area contributed by atoms with Gasteiger partial charge in [-0.15, -0.1) is 68.0 Å². The highest BCUT2D eigenvalue weighted by Gasteiger charge is 2.16. The second kappa shape index (κ2) is 12.7. The molecule has 6 heterocycles. The van der Waals surface area contributed by atoms with Crippen molar-refractivity contribution in [1.29, 1.82) is 21.0 Å². The minimum Gasteiger partial charge on any atom is -0.192 e. The van der Waals surface area contributed by atoms with Gasteiger partial charge < -0.3 is 0 Å². The maximum Gasteiger partial charge on any atom is 0.110 e. The highest BCUT2D eigenvalue weighted by atomic mass is 32.1. The summed E-state index contributed by atoms with van der Waals surface area (Å²) in [5.74, 6) is 0. The molecule has 0 aliphatic heterocycles. The topological polar surface area (TPSA) is 95.2 Å². The molecule has 0 aliphatic carbocycles. The molecular formula is C34H18N4S6. The molecule has 0 spiro atoms. The highest BCUT2D eigenvalue weighted by molar-refractivity contribution is 7.28. The Kier molecular flexibility index (Phi) is 8.58. The van der Waals surface area contributed by atoms with Gasteiger partial charge in [-0.05, 0) is 97.8 Å². The van der Waals surface area contributed by atoms with Crippen LogP contribution >= 0.6 is 68.0 Å². The maximum atomic E-state index is 9.74. The van der Waals surface area contributed by atoms with Crippen molar-refractivity contribution in [2.45, 2.75) is 13.8 Å². The largest absolute Gasteiger partial charge is 0.192 e. The van der Waals surface area contributed by atoms with E-state index in [2.05, 4.69) is 74.5 Å². The summed E-state index contributed by atoms with van der Waals surface area (Å²) in [6.07, 6.45) is 3.81. The van der Waals surface area contributed by atoms with Crippen molar-refractivity contribution in [3.63, 3.8) is 0 Å². The Hall–Kier alpha value is -4.36. The Morgan fingerprint density at radius 2 is 0.932 bits per heavy atom. The van der Waals surface area contributed by atoms with Crippen molar-refractivity contribution in [3.05, 3.63) is 101 Å². The zero-order valence-corrected chi connectivity index (χ0v) is 28.1. The summed E-state index contributed by atoms with van der Waals surface area (Å²) in [7, 11) is 0. The summed E-state index contributed by atoms with van der Waals surface area (Å²) in [6, 6.07) is 28.9. The van der Waals surface area contributed by atoms with Gasteiger partial charge in [-0.2, -0.15) is 21.0 Å². The molecule has 0 radical (unpaired) electrons. The lowest BCUT2D eigenvalue weighted by Gasteiger charge is -1.95. The summed E-state index contributed by atoms with van der Waals surface area (Å²) in [5, 5.41) is 37.8. The van der Waals surface area contributed by atoms with Crippen LogP contribution in [0.5, 0.6) is 0 Å². The van der Waals surface area contributed by atoms with E-state index in [0.717, 1.165) is 19.5 Å². The fourth-order valence-corrected chi connectivity index (χ4v) is 10.7. The molecular weight excluding hydrogens is 657 g/mol. The van der Waals surface area contributed by atoms with E-state index in [-0.39, 0.29) is 0 Å². The summed E-state index contributed by atoms with van der Waals surface area (Å²) in [5.41, 5.74) is 3.46. The molecule has 0 N–H and O–H groups in total. The van der Waals surface area contributed by atoms with Gasteiger partial charge in [0, 0.05) is 48.8 Å². The van der Waals surface area contributed by atoms with E-state index < -0.39 is 0 Å². The van der Waals surface area contributed by atoms with E-state index >= 15 is 0 Å². The van der Waals surface area contributed by atoms with Gasteiger partial charge in [0.25, 0.3) is 0 Å². The first-order chi connectivity index (χ1) is 21.4. The Morgan fingerprint density at radius 3 is 1.30 bits per heavy atom. The summed E-state index contributed by atoms with van der Waals surface area (Å²) >= 11 is 9.53. The fraction of sp³-hybridized carbons (Fsp3) is 0.0588. The molecule has 0 saturated heterocycles. The number of hydrogen-bond donors (Lipinski definition) is 0. The molecule has 0 aliphatic rings. The van der Waals surface area contributed by atoms with Crippen LogP contribution in [-0.2, 0) is 0 Å². The lowest BCUT2D eigenvalue weighted by molar-refractivity contribution is 1.52. The predicted octanol–water partition coefficient (Wildman–Crippen LogP) is 11.5. The van der Waals surface area contributed by atoms with Gasteiger partial charge in [0.1, 0.15) is 34.0 Å². The normalized spacial score (nSPS) is 11.6. The second-order valence-electron chi connectivity index (χ2n) is 9.54. The van der Waals surface area contributed by atoms with Gasteiger partial charge in [0.15, 0.2) is 0 Å². The van der Waals surface area contributed by atoms with E-state index in [1.807, 2.05) is 24.3 Å². The van der Waals surface area contributed by atoms with Crippen LogP contribution in [0.4, 0.5) is 0 Å². The van der Waals surface area contributed by atoms with E-state index in [0.29, 0.717) is 20.9 Å². The Bertz CT molecular complexity index is 2100. The van der Waals surface area contributed by atoms with Crippen LogP contribution in [0.3, 0.4) is 0 Å². The van der Waals surface area contributed by atoms with Crippen molar-refractivity contribution in [3.8, 4) is 53.5 Å². The zero-order chi connectivity index (χ0) is 30.8. The van der Waals surface area contributed by atoms with Crippen LogP contribution in [0.2, 0.25) is 0 Å². The average molecular weight is 675 g/mol. The van der Waals surface area contributed by atoms with Gasteiger partial charge in [0.05, 0.1) is 11.1 Å². The smallest absolute Gasteiger partial charge is 0.110 e. The van der Waals surface area contributed by atoms with E-state index in [1.54, 1.807) is 57.5 Å². The van der Waals surface area contributed by atoms with Crippen molar-refractivity contribution in [2.75, 3.05) is 0 Å². The minimum atomic E-state index is 0.563. The minimum absolute atomic E-state index is 0.563. The molecule has 0 fully saturated rings. The molecule has 44 heavy (non-hydrogen) atoms. The summed E-state index contributed by atoms with van der Waals surface area (Å²) < 4.78 is 0. The molecule has 0 aromatic carbocycles. The third-order valence-corrected chi connectivity index (χ3v) is 13.7. The molecule has 0 saturated carbocycles. The first-order valence-electron chi connectivity index (χ1n) is 13.0. The fourth-order valence-electron chi connectivity index (χ4n) is 4.52. The molecule has 210 valence electrons. The molecule has 10 heteroatoms. The van der Waals surface area contributed by atoms with Gasteiger partial charge >= 0.3 is 0 Å². The predicted molar refractivity (Wildman–Crippen MR) is 189 cm³/mol. The molecule has 0 bridgehead atoms. The van der Waals surface area contributed by atoms with E-state index in [9.17, 15) is 10.5 Å². The van der Waals surface area contributed by atoms with Gasteiger partial charge in [-0.1, -0.05) is 0 Å². The number of rotatable bonds is 7. The lowest BCUT2D eigenvalue weighted by atomic mass is 10.2. The molecule has 6 aromatic heterocycles. The van der Waals surface area contributed by atoms with Crippen LogP contribution in [0.15, 0.2) is 60.7 Å². The van der Waals surface area contributed by atoms with Gasteiger partial charge in [-0.3, -0.25) is 0 Å². The van der Waals surface area contributed by atoms with Crippen LogP contribution in [0, 0.1) is 59.2 Å². The first kappa shape index (κ1) is 29.7. The molecule has 0 unspecified atom stereocenters. The molecule has 6 aromatic rings. The van der Waals surface area contributed by atoms with E-state index in [4.69, 9.17) is 10.5 Å². The third kappa shape index (κ3) is 6.02. The number of nitriles is 4. The number of allylic oxidation sites excluding steroid dienone is 2. The Balaban J connectivity index is 1.24. The molecule has 0 atom stereocenters. The van der Waals surface area contributed by atoms with Crippen molar-refractivity contribution in [1.82, 2.24) is 0 Å². The molecule has 6 rings (SSSR count). The SMILES string of the molecule is Cc1cc(C=C(C#N)c2ccc(C#N)s2)sc1-c1ccc(-c2ccc(-c3sc(C=C(C#N)c4ccc(C#N)s4)cc3C)s2)s1. The number of hydrogen-bond acceptors (Lipinski definition) is 10. The third-order valence-electron chi connectivity index (χ3n) is 6.55. The zero-order valence-electron chi connectivity index (χ0n) is 23.2. The quantitative estimate of drug-likeness (QED) is 0.157. The van der Waals surface area contributed by atoms with Crippen molar-refractivity contribution >= 4 is 91.3 Å². The van der Waals surface area contributed by atoms with Crippen LogP contribution < -0.4 is 0 Å². The first-order valence-corrected chi connectivity index (χ1v) is 17.9. The summed E-state index contributed by atoms with van der Waals surface area (Å²) in [6.45, 7) is 4.20. The number of aryl methyl sites for hydroxylation is 2. The number of thiophene rings is 6. The highest BCUT2D eigenvalue weighted by Crippen LogP contribution is 2.45. The monoisotopic (exact) mass is 674 g/mol. The van der Waals surface area contributed by atoms with Crippen LogP contribution in [0.1, 0.15) is 40.4 Å². The molecule has 0 amide bonds. The summed E-state index contributed by atoms with van der Waals surface area (Å²) in [4.78, 5) is 12.0. The second-order valence-corrected chi connectivity index (χ2v) is 16.0. The van der Waals surface area contributed by atoms with Crippen LogP contribution in [-0.4, -0.2) is 0 Å². The Morgan fingerprint density at radius 1 is 0.523 bits per heavy atom. The van der Waals surface area contributed by atoms with Gasteiger partial charge in [0.2, 0.25) is 0 Å². The maximum absolute atomic E-state index is 9.74. The van der Waals surface area contributed by atoms with Gasteiger partial charge in [-0.25, -0.2) is 0 Å². The lowest BCUT2D eigenvalue weighted by Crippen LogP contribution is -1.73. The van der Waals surface area contributed by atoms with Crippen molar-refractivity contribution in [2.24, 2.45) is 0 Å². The van der Waals surface area contributed by atoms with Crippen molar-refractivity contribution < 1.29 is 0 Å².